The van der Waals surface area contributed by atoms with Crippen LogP contribution < -0.4 is 0 Å². The molecule has 0 bridgehead atoms. The van der Waals surface area contributed by atoms with E-state index in [-0.39, 0.29) is 12.5 Å². The summed E-state index contributed by atoms with van der Waals surface area (Å²) in [5.41, 5.74) is 0. The van der Waals surface area contributed by atoms with Crippen LogP contribution in [0, 0.1) is 11.8 Å². The molecule has 1 saturated carbocycles. The third-order valence-corrected chi connectivity index (χ3v) is 4.43. The molecule has 1 nitrogen and oxygen atoms in total. The van der Waals surface area contributed by atoms with Crippen molar-refractivity contribution < 1.29 is 13.5 Å². The van der Waals surface area contributed by atoms with Gasteiger partial charge in [-0.05, 0) is 56.8 Å². The molecule has 1 rings (SSSR count). The van der Waals surface area contributed by atoms with E-state index in [4.69, 9.17) is 4.74 Å². The Morgan fingerprint density at radius 1 is 1.19 bits per heavy atom. The van der Waals surface area contributed by atoms with Crippen LogP contribution in [-0.2, 0) is 4.74 Å². The summed E-state index contributed by atoms with van der Waals surface area (Å²) in [6, 6.07) is 0. The SMILES string of the molecule is C=CC(CCC)CCCC(F)(F)OC1CCC(C=C)CC1. The molecule has 3 heteroatoms. The molecule has 0 amide bonds. The third kappa shape index (κ3) is 7.21. The van der Waals surface area contributed by atoms with Gasteiger partial charge in [0.05, 0.1) is 6.10 Å². The first kappa shape index (κ1) is 18.3. The zero-order valence-corrected chi connectivity index (χ0v) is 13.3. The Bertz CT molecular complexity index is 306. The highest BCUT2D eigenvalue weighted by Gasteiger charge is 2.34. The van der Waals surface area contributed by atoms with E-state index >= 15 is 0 Å². The lowest BCUT2D eigenvalue weighted by Crippen LogP contribution is -2.31. The van der Waals surface area contributed by atoms with Crippen molar-refractivity contribution in [1.29, 1.82) is 0 Å². The third-order valence-electron chi connectivity index (χ3n) is 4.43. The highest BCUT2D eigenvalue weighted by atomic mass is 19.3. The zero-order valence-electron chi connectivity index (χ0n) is 13.3. The van der Waals surface area contributed by atoms with E-state index in [2.05, 4.69) is 20.1 Å². The van der Waals surface area contributed by atoms with E-state index in [0.29, 0.717) is 18.3 Å². The summed E-state index contributed by atoms with van der Waals surface area (Å²) in [5.74, 6) is 0.828. The number of hydrogen-bond acceptors (Lipinski definition) is 1. The van der Waals surface area contributed by atoms with Gasteiger partial charge in [0.1, 0.15) is 0 Å². The summed E-state index contributed by atoms with van der Waals surface area (Å²) < 4.78 is 32.8. The fraction of sp³-hybridized carbons (Fsp3) is 0.778. The maximum absolute atomic E-state index is 13.9. The van der Waals surface area contributed by atoms with Crippen LogP contribution in [0.3, 0.4) is 0 Å². The minimum absolute atomic E-state index is 0.178. The summed E-state index contributed by atoms with van der Waals surface area (Å²) in [4.78, 5) is 0. The molecule has 21 heavy (non-hydrogen) atoms. The van der Waals surface area contributed by atoms with Gasteiger partial charge < -0.3 is 4.74 Å². The van der Waals surface area contributed by atoms with Gasteiger partial charge in [-0.25, -0.2) is 0 Å². The van der Waals surface area contributed by atoms with Crippen LogP contribution in [0.5, 0.6) is 0 Å². The molecule has 1 aliphatic rings. The fourth-order valence-corrected chi connectivity index (χ4v) is 3.07. The molecule has 1 atom stereocenters. The molecule has 0 aliphatic heterocycles. The van der Waals surface area contributed by atoms with E-state index < -0.39 is 6.11 Å². The molecule has 0 aromatic carbocycles. The fourth-order valence-electron chi connectivity index (χ4n) is 3.07. The predicted octanol–water partition coefficient (Wildman–Crippen LogP) is 6.11. The average Bonchev–Trinajstić information content (AvgIpc) is 2.46. The minimum Gasteiger partial charge on any atom is -0.317 e. The molecule has 1 unspecified atom stereocenters. The van der Waals surface area contributed by atoms with Crippen LogP contribution in [0.4, 0.5) is 8.78 Å². The lowest BCUT2D eigenvalue weighted by Gasteiger charge is -2.30. The van der Waals surface area contributed by atoms with Crippen LogP contribution >= 0.6 is 0 Å². The van der Waals surface area contributed by atoms with Crippen molar-refractivity contribution in [3.63, 3.8) is 0 Å². The molecule has 1 fully saturated rings. The second kappa shape index (κ2) is 9.34. The zero-order chi connectivity index (χ0) is 15.7. The first-order valence-electron chi connectivity index (χ1n) is 8.31. The van der Waals surface area contributed by atoms with Gasteiger partial charge >= 0.3 is 6.11 Å². The Kier molecular flexibility index (Phi) is 8.16. The normalized spacial score (nSPS) is 24.5. The smallest absolute Gasteiger partial charge is 0.317 e. The maximum atomic E-state index is 13.9. The number of hydrogen-bond donors (Lipinski definition) is 0. The topological polar surface area (TPSA) is 9.23 Å². The summed E-state index contributed by atoms with van der Waals surface area (Å²) >= 11 is 0. The van der Waals surface area contributed by atoms with Gasteiger partial charge in [0, 0.05) is 6.42 Å². The van der Waals surface area contributed by atoms with Crippen molar-refractivity contribution in [2.45, 2.75) is 76.9 Å². The van der Waals surface area contributed by atoms with E-state index in [9.17, 15) is 8.78 Å². The number of alkyl halides is 2. The standard InChI is InChI=1S/C18H30F2O/c1-4-8-15(5-2)9-7-14-18(19,20)21-17-12-10-16(6-3)11-13-17/h5-6,15-17H,2-4,7-14H2,1H3. The highest BCUT2D eigenvalue weighted by molar-refractivity contribution is 4.85. The quantitative estimate of drug-likeness (QED) is 0.442. The Morgan fingerprint density at radius 3 is 2.38 bits per heavy atom. The molecule has 0 saturated heterocycles. The van der Waals surface area contributed by atoms with Gasteiger partial charge in [0.2, 0.25) is 0 Å². The number of rotatable bonds is 10. The molecule has 122 valence electrons. The van der Waals surface area contributed by atoms with Crippen molar-refractivity contribution in [2.24, 2.45) is 11.8 Å². The molecule has 0 heterocycles. The van der Waals surface area contributed by atoms with Crippen molar-refractivity contribution in [1.82, 2.24) is 0 Å². The predicted molar refractivity (Wildman–Crippen MR) is 84.4 cm³/mol. The lowest BCUT2D eigenvalue weighted by atomic mass is 9.87. The van der Waals surface area contributed by atoms with Crippen molar-refractivity contribution in [2.75, 3.05) is 0 Å². The van der Waals surface area contributed by atoms with Gasteiger partial charge in [0.15, 0.2) is 0 Å². The number of halogens is 2. The second-order valence-electron chi connectivity index (χ2n) is 6.20. The van der Waals surface area contributed by atoms with Crippen LogP contribution in [0.1, 0.15) is 64.7 Å². The van der Waals surface area contributed by atoms with Gasteiger partial charge in [0.25, 0.3) is 0 Å². The monoisotopic (exact) mass is 300 g/mol. The molecule has 0 N–H and O–H groups in total. The van der Waals surface area contributed by atoms with E-state index in [1.807, 2.05) is 12.2 Å². The van der Waals surface area contributed by atoms with Crippen LogP contribution in [0.15, 0.2) is 25.3 Å². The molecule has 1 aliphatic carbocycles. The van der Waals surface area contributed by atoms with Gasteiger partial charge in [-0.1, -0.05) is 25.5 Å². The highest BCUT2D eigenvalue weighted by Crippen LogP contribution is 2.33. The van der Waals surface area contributed by atoms with E-state index in [1.165, 1.54) is 0 Å². The van der Waals surface area contributed by atoms with Gasteiger partial charge in [-0.2, -0.15) is 8.78 Å². The van der Waals surface area contributed by atoms with Crippen molar-refractivity contribution in [3.8, 4) is 0 Å². The molecule has 0 aromatic heterocycles. The molecule has 0 aromatic rings. The Morgan fingerprint density at radius 2 is 1.86 bits per heavy atom. The van der Waals surface area contributed by atoms with Crippen LogP contribution in [-0.4, -0.2) is 12.2 Å². The first-order chi connectivity index (χ1) is 10.0. The Balaban J connectivity index is 2.26. The molecule has 0 spiro atoms. The average molecular weight is 300 g/mol. The first-order valence-corrected chi connectivity index (χ1v) is 8.31. The second-order valence-corrected chi connectivity index (χ2v) is 6.20. The van der Waals surface area contributed by atoms with Crippen LogP contribution in [0.2, 0.25) is 0 Å². The summed E-state index contributed by atoms with van der Waals surface area (Å²) in [6.45, 7) is 9.65. The maximum Gasteiger partial charge on any atom is 0.355 e. The molecule has 0 radical (unpaired) electrons. The number of ether oxygens (including phenoxy) is 1. The van der Waals surface area contributed by atoms with E-state index in [0.717, 1.165) is 44.9 Å². The summed E-state index contributed by atoms with van der Waals surface area (Å²) in [7, 11) is 0. The largest absolute Gasteiger partial charge is 0.355 e. The van der Waals surface area contributed by atoms with Crippen molar-refractivity contribution >= 4 is 0 Å². The van der Waals surface area contributed by atoms with Crippen LogP contribution in [0.25, 0.3) is 0 Å². The van der Waals surface area contributed by atoms with Crippen molar-refractivity contribution in [3.05, 3.63) is 25.3 Å². The Hall–Kier alpha value is -0.700. The minimum atomic E-state index is -2.98. The molecular formula is C18H30F2O. The van der Waals surface area contributed by atoms with E-state index in [1.54, 1.807) is 0 Å². The van der Waals surface area contributed by atoms with Gasteiger partial charge in [-0.15, -0.1) is 13.2 Å². The number of allylic oxidation sites excluding steroid dienone is 2. The van der Waals surface area contributed by atoms with Gasteiger partial charge in [-0.3, -0.25) is 0 Å². The Labute approximate surface area is 128 Å². The summed E-state index contributed by atoms with van der Waals surface area (Å²) in [5, 5.41) is 0. The summed E-state index contributed by atoms with van der Waals surface area (Å²) in [6.07, 6.45) is 7.00. The lowest BCUT2D eigenvalue weighted by molar-refractivity contribution is -0.271. The molecular weight excluding hydrogens is 270 g/mol.